The number of carbonyl (C=O) groups excluding carboxylic acids is 1. The third-order valence-corrected chi connectivity index (χ3v) is 10.1. The number of aromatic nitrogens is 2. The van der Waals surface area contributed by atoms with E-state index < -0.39 is 5.41 Å². The summed E-state index contributed by atoms with van der Waals surface area (Å²) in [7, 11) is 1.53. The van der Waals surface area contributed by atoms with E-state index in [2.05, 4.69) is 11.2 Å². The summed E-state index contributed by atoms with van der Waals surface area (Å²) in [5, 5.41) is 16.8. The van der Waals surface area contributed by atoms with Gasteiger partial charge in [-0.1, -0.05) is 52.1 Å². The van der Waals surface area contributed by atoms with Crippen molar-refractivity contribution in [3.8, 4) is 34.6 Å². The standard InChI is InChI=1S/C32H22Cl3N3O5S/c1-40-25-10-18(42-15-39)11-26-29(25)37-31(44-26)21-12-32(21,14-36)20-8-7-17(9-24(20)35)41-13-19-28(38-43-30(19)16-5-6-16)27-22(33)3-2-4-23(27)34/h2-4,7-11,15-16,21H,5-6,12-13H2,1H3. The Labute approximate surface area is 271 Å². The van der Waals surface area contributed by atoms with E-state index in [0.717, 1.165) is 33.9 Å². The van der Waals surface area contributed by atoms with Crippen LogP contribution in [-0.4, -0.2) is 23.7 Å². The Kier molecular flexibility index (Phi) is 7.42. The van der Waals surface area contributed by atoms with Gasteiger partial charge >= 0.3 is 0 Å². The first-order chi connectivity index (χ1) is 21.4. The van der Waals surface area contributed by atoms with Crippen LogP contribution in [0.3, 0.4) is 0 Å². The van der Waals surface area contributed by atoms with Gasteiger partial charge in [0.1, 0.15) is 40.8 Å². The maximum absolute atomic E-state index is 10.9. The summed E-state index contributed by atoms with van der Waals surface area (Å²) in [6.07, 6.45) is 2.60. The van der Waals surface area contributed by atoms with Crippen molar-refractivity contribution in [1.29, 1.82) is 5.26 Å². The lowest BCUT2D eigenvalue weighted by molar-refractivity contribution is -0.120. The highest BCUT2D eigenvalue weighted by Crippen LogP contribution is 2.62. The van der Waals surface area contributed by atoms with E-state index in [1.54, 1.807) is 36.4 Å². The summed E-state index contributed by atoms with van der Waals surface area (Å²) < 4.78 is 23.2. The van der Waals surface area contributed by atoms with E-state index in [0.29, 0.717) is 67.5 Å². The Morgan fingerprint density at radius 3 is 2.59 bits per heavy atom. The zero-order valence-corrected chi connectivity index (χ0v) is 26.2. The number of methoxy groups -OCH3 is 1. The molecule has 44 heavy (non-hydrogen) atoms. The van der Waals surface area contributed by atoms with Crippen LogP contribution >= 0.6 is 46.1 Å². The molecule has 0 saturated heterocycles. The fraction of sp³-hybridized carbons (Fsp3) is 0.250. The number of nitrogens with zero attached hydrogens (tertiary/aromatic N) is 3. The highest BCUT2D eigenvalue weighted by Gasteiger charge is 2.59. The predicted octanol–water partition coefficient (Wildman–Crippen LogP) is 8.86. The van der Waals surface area contributed by atoms with Gasteiger partial charge in [-0.2, -0.15) is 5.26 Å². The fourth-order valence-electron chi connectivity index (χ4n) is 5.61. The third kappa shape index (κ3) is 4.96. The molecule has 2 aliphatic rings. The van der Waals surface area contributed by atoms with Crippen molar-refractivity contribution in [2.75, 3.05) is 7.11 Å². The number of hydrogen-bond acceptors (Lipinski definition) is 9. The molecular formula is C32H22Cl3N3O5S. The minimum Gasteiger partial charge on any atom is -0.494 e. The van der Waals surface area contributed by atoms with Gasteiger partial charge < -0.3 is 18.7 Å². The Morgan fingerprint density at radius 1 is 1.11 bits per heavy atom. The Hall–Kier alpha value is -3.81. The Bertz CT molecular complexity index is 1960. The van der Waals surface area contributed by atoms with Crippen molar-refractivity contribution in [2.24, 2.45) is 0 Å². The molecule has 2 fully saturated rings. The topological polar surface area (TPSA) is 107 Å². The van der Waals surface area contributed by atoms with Gasteiger partial charge in [0.05, 0.1) is 43.9 Å². The van der Waals surface area contributed by atoms with Crippen LogP contribution in [0, 0.1) is 11.3 Å². The van der Waals surface area contributed by atoms with Crippen LogP contribution in [0.15, 0.2) is 53.1 Å². The molecule has 2 saturated carbocycles. The highest BCUT2D eigenvalue weighted by atomic mass is 35.5. The van der Waals surface area contributed by atoms with Crippen molar-refractivity contribution >= 4 is 62.8 Å². The van der Waals surface area contributed by atoms with Gasteiger partial charge in [0.15, 0.2) is 0 Å². The first-order valence-electron chi connectivity index (χ1n) is 13.7. The summed E-state index contributed by atoms with van der Waals surface area (Å²) in [4.78, 5) is 15.7. The number of ether oxygens (including phenoxy) is 3. The van der Waals surface area contributed by atoms with Crippen molar-refractivity contribution in [3.05, 3.63) is 85.5 Å². The van der Waals surface area contributed by atoms with E-state index in [-0.39, 0.29) is 18.4 Å². The maximum atomic E-state index is 10.9. The molecule has 3 aromatic carbocycles. The molecule has 8 nitrogen and oxygen atoms in total. The van der Waals surface area contributed by atoms with Crippen molar-refractivity contribution in [2.45, 2.75) is 43.1 Å². The third-order valence-electron chi connectivity index (χ3n) is 8.08. The number of fused-ring (bicyclic) bond motifs is 1. The highest BCUT2D eigenvalue weighted by molar-refractivity contribution is 7.18. The zero-order valence-electron chi connectivity index (χ0n) is 23.1. The van der Waals surface area contributed by atoms with Gasteiger partial charge in [0.25, 0.3) is 6.47 Å². The van der Waals surface area contributed by atoms with Crippen LogP contribution in [0.2, 0.25) is 15.1 Å². The van der Waals surface area contributed by atoms with Crippen LogP contribution in [0.5, 0.6) is 17.2 Å². The molecule has 222 valence electrons. The summed E-state index contributed by atoms with van der Waals surface area (Å²) in [5.41, 5.74) is 2.49. The SMILES string of the molecule is COc1cc(OC=O)cc2sc(C3CC3(C#N)c3ccc(OCc4c(-c5c(Cl)cccc5Cl)noc4C4CC4)cc3Cl)nc12. The smallest absolute Gasteiger partial charge is 0.298 e. The Morgan fingerprint density at radius 2 is 1.91 bits per heavy atom. The molecule has 5 aromatic rings. The van der Waals surface area contributed by atoms with E-state index in [1.807, 2.05) is 12.1 Å². The molecule has 12 heteroatoms. The van der Waals surface area contributed by atoms with Gasteiger partial charge in [-0.3, -0.25) is 4.79 Å². The number of carbonyl (C=O) groups is 1. The molecule has 0 bridgehead atoms. The van der Waals surface area contributed by atoms with Crippen molar-refractivity contribution in [1.82, 2.24) is 10.1 Å². The van der Waals surface area contributed by atoms with Gasteiger partial charge in [0, 0.05) is 34.6 Å². The van der Waals surface area contributed by atoms with E-state index >= 15 is 0 Å². The van der Waals surface area contributed by atoms with Gasteiger partial charge in [-0.05, 0) is 49.1 Å². The van der Waals surface area contributed by atoms with Crippen LogP contribution < -0.4 is 14.2 Å². The molecule has 2 heterocycles. The molecule has 2 atom stereocenters. The first-order valence-corrected chi connectivity index (χ1v) is 15.7. The van der Waals surface area contributed by atoms with Gasteiger partial charge in [0.2, 0.25) is 0 Å². The molecule has 2 aromatic heterocycles. The normalized spacial score (nSPS) is 19.0. The van der Waals surface area contributed by atoms with Crippen LogP contribution in [-0.2, 0) is 16.8 Å². The monoisotopic (exact) mass is 665 g/mol. The molecular weight excluding hydrogens is 645 g/mol. The number of halogens is 3. The quantitative estimate of drug-likeness (QED) is 0.136. The van der Waals surface area contributed by atoms with Gasteiger partial charge in [-0.15, -0.1) is 11.3 Å². The number of benzene rings is 3. The second-order valence-corrected chi connectivity index (χ2v) is 13.0. The maximum Gasteiger partial charge on any atom is 0.298 e. The summed E-state index contributed by atoms with van der Waals surface area (Å²) >= 11 is 21.2. The van der Waals surface area contributed by atoms with Crippen LogP contribution in [0.4, 0.5) is 0 Å². The number of hydrogen-bond donors (Lipinski definition) is 0. The molecule has 2 aliphatic carbocycles. The Balaban J connectivity index is 1.15. The van der Waals surface area contributed by atoms with Gasteiger partial charge in [-0.25, -0.2) is 4.98 Å². The molecule has 0 aliphatic heterocycles. The van der Waals surface area contributed by atoms with E-state index in [1.165, 1.54) is 18.4 Å². The predicted molar refractivity (Wildman–Crippen MR) is 167 cm³/mol. The number of rotatable bonds is 10. The molecule has 0 radical (unpaired) electrons. The second kappa shape index (κ2) is 11.3. The summed E-state index contributed by atoms with van der Waals surface area (Å²) in [6, 6.07) is 16.5. The molecule has 0 amide bonds. The van der Waals surface area contributed by atoms with E-state index in [9.17, 15) is 10.1 Å². The fourth-order valence-corrected chi connectivity index (χ4v) is 7.74. The average molecular weight is 667 g/mol. The van der Waals surface area contributed by atoms with Crippen molar-refractivity contribution < 1.29 is 23.5 Å². The molecule has 2 unspecified atom stereocenters. The number of nitriles is 1. The lowest BCUT2D eigenvalue weighted by Gasteiger charge is -2.14. The molecule has 0 spiro atoms. The lowest BCUT2D eigenvalue weighted by Crippen LogP contribution is -2.08. The van der Waals surface area contributed by atoms with Crippen molar-refractivity contribution in [3.63, 3.8) is 0 Å². The first kappa shape index (κ1) is 28.9. The summed E-state index contributed by atoms with van der Waals surface area (Å²) in [5.74, 6) is 2.29. The molecule has 0 N–H and O–H groups in total. The number of thiazole rings is 1. The lowest BCUT2D eigenvalue weighted by atomic mass is 9.94. The van der Waals surface area contributed by atoms with Crippen LogP contribution in [0.1, 0.15) is 53.0 Å². The summed E-state index contributed by atoms with van der Waals surface area (Å²) in [6.45, 7) is 0.544. The largest absolute Gasteiger partial charge is 0.494 e. The average Bonchev–Trinajstić information content (AvgIpc) is 3.91. The minimum absolute atomic E-state index is 0.157. The van der Waals surface area contributed by atoms with E-state index in [4.69, 9.17) is 58.5 Å². The second-order valence-electron chi connectivity index (χ2n) is 10.8. The minimum atomic E-state index is -0.833. The zero-order chi connectivity index (χ0) is 30.6. The molecule has 7 rings (SSSR count). The van der Waals surface area contributed by atoms with Crippen LogP contribution in [0.25, 0.3) is 21.5 Å².